The van der Waals surface area contributed by atoms with Crippen molar-refractivity contribution in [2.24, 2.45) is 10.2 Å². The topological polar surface area (TPSA) is 70.0 Å². The predicted molar refractivity (Wildman–Crippen MR) is 123 cm³/mol. The average Bonchev–Trinajstić information content (AvgIpc) is 3.22. The van der Waals surface area contributed by atoms with Crippen LogP contribution >= 0.6 is 11.3 Å². The molecular weight excluding hydrogens is 394 g/mol. The fourth-order valence-electron chi connectivity index (χ4n) is 3.40. The van der Waals surface area contributed by atoms with E-state index in [-0.39, 0.29) is 5.91 Å². The third-order valence-corrected chi connectivity index (χ3v) is 5.94. The highest BCUT2D eigenvalue weighted by Crippen LogP contribution is 2.28. The molecule has 2 aromatic carbocycles. The van der Waals surface area contributed by atoms with Crippen molar-refractivity contribution in [3.05, 3.63) is 69.5 Å². The standard InChI is InChI=1S/C23H23N5OS/c1-14-9-8-10-15(2)20(14)25-26-21-16(3)27-28(23(21)29)13-19-24-22(17(4)30-19)18-11-6-5-7-12-18/h5-12,25H,13H2,1-4H3/b26-21+. The molecule has 2 heterocycles. The van der Waals surface area contributed by atoms with Gasteiger partial charge < -0.3 is 0 Å². The zero-order valence-corrected chi connectivity index (χ0v) is 18.2. The van der Waals surface area contributed by atoms with Crippen LogP contribution in [0.3, 0.4) is 0 Å². The first-order chi connectivity index (χ1) is 14.4. The van der Waals surface area contributed by atoms with Crippen LogP contribution in [0.5, 0.6) is 0 Å². The van der Waals surface area contributed by atoms with Crippen molar-refractivity contribution < 1.29 is 4.79 Å². The summed E-state index contributed by atoms with van der Waals surface area (Å²) in [7, 11) is 0. The molecule has 7 heteroatoms. The number of benzene rings is 2. The maximum atomic E-state index is 12.9. The van der Waals surface area contributed by atoms with Gasteiger partial charge in [-0.1, -0.05) is 48.5 Å². The minimum absolute atomic E-state index is 0.222. The molecule has 152 valence electrons. The summed E-state index contributed by atoms with van der Waals surface area (Å²) in [6.07, 6.45) is 0. The Labute approximate surface area is 180 Å². The second kappa shape index (κ2) is 8.20. The number of hydrogen-bond acceptors (Lipinski definition) is 6. The average molecular weight is 418 g/mol. The maximum absolute atomic E-state index is 12.9. The molecule has 1 aliphatic heterocycles. The smallest absolute Gasteiger partial charge is 0.277 e. The van der Waals surface area contributed by atoms with Crippen LogP contribution in [0.4, 0.5) is 5.69 Å². The first-order valence-electron chi connectivity index (χ1n) is 9.73. The number of carbonyl (C=O) groups is 1. The molecule has 1 amide bonds. The molecule has 0 atom stereocenters. The number of anilines is 1. The molecule has 0 spiro atoms. The Bertz CT molecular complexity index is 1140. The van der Waals surface area contributed by atoms with Crippen molar-refractivity contribution in [2.45, 2.75) is 34.2 Å². The van der Waals surface area contributed by atoms with Crippen LogP contribution in [-0.2, 0) is 11.3 Å². The Morgan fingerprint density at radius 3 is 2.40 bits per heavy atom. The Balaban J connectivity index is 1.52. The summed E-state index contributed by atoms with van der Waals surface area (Å²) in [6, 6.07) is 16.1. The second-order valence-corrected chi connectivity index (χ2v) is 8.55. The Morgan fingerprint density at radius 2 is 1.70 bits per heavy atom. The molecule has 3 aromatic rings. The number of hydrogen-bond donors (Lipinski definition) is 1. The zero-order chi connectivity index (χ0) is 21.3. The molecule has 0 saturated heterocycles. The van der Waals surface area contributed by atoms with E-state index in [1.165, 1.54) is 5.01 Å². The summed E-state index contributed by atoms with van der Waals surface area (Å²) in [5.74, 6) is -0.222. The molecule has 1 aliphatic rings. The minimum Gasteiger partial charge on any atom is -0.277 e. The SMILES string of the molecule is CC1=NN(Cc2nc(-c3ccccc3)c(C)s2)C(=O)/C1=N/Nc1c(C)cccc1C. The van der Waals surface area contributed by atoms with Gasteiger partial charge in [0.15, 0.2) is 5.71 Å². The highest BCUT2D eigenvalue weighted by Gasteiger charge is 2.30. The number of para-hydroxylation sites is 1. The van der Waals surface area contributed by atoms with Gasteiger partial charge in [0.2, 0.25) is 0 Å². The van der Waals surface area contributed by atoms with E-state index in [4.69, 9.17) is 4.98 Å². The molecule has 0 fully saturated rings. The van der Waals surface area contributed by atoms with Gasteiger partial charge in [0.1, 0.15) is 5.01 Å². The van der Waals surface area contributed by atoms with Crippen LogP contribution in [0.15, 0.2) is 58.7 Å². The summed E-state index contributed by atoms with van der Waals surface area (Å²) in [5.41, 5.74) is 9.05. The summed E-state index contributed by atoms with van der Waals surface area (Å²) >= 11 is 1.58. The van der Waals surface area contributed by atoms with Gasteiger partial charge in [-0.25, -0.2) is 9.99 Å². The molecule has 0 unspecified atom stereocenters. The van der Waals surface area contributed by atoms with E-state index < -0.39 is 0 Å². The molecule has 6 nitrogen and oxygen atoms in total. The van der Waals surface area contributed by atoms with Gasteiger partial charge in [-0.3, -0.25) is 10.2 Å². The number of nitrogens with one attached hydrogen (secondary N) is 1. The van der Waals surface area contributed by atoms with Gasteiger partial charge in [0, 0.05) is 10.4 Å². The van der Waals surface area contributed by atoms with E-state index in [1.807, 2.05) is 69.3 Å². The van der Waals surface area contributed by atoms with Crippen molar-refractivity contribution in [2.75, 3.05) is 5.43 Å². The third kappa shape index (κ3) is 3.89. The summed E-state index contributed by atoms with van der Waals surface area (Å²) in [4.78, 5) is 18.8. The first-order valence-corrected chi connectivity index (χ1v) is 10.5. The van der Waals surface area contributed by atoms with Crippen molar-refractivity contribution in [3.63, 3.8) is 0 Å². The normalized spacial score (nSPS) is 15.1. The molecule has 0 aliphatic carbocycles. The molecule has 4 rings (SSSR count). The fraction of sp³-hybridized carbons (Fsp3) is 0.217. The lowest BCUT2D eigenvalue weighted by Gasteiger charge is -2.10. The van der Waals surface area contributed by atoms with Crippen LogP contribution in [0, 0.1) is 20.8 Å². The van der Waals surface area contributed by atoms with E-state index in [1.54, 1.807) is 18.3 Å². The fourth-order valence-corrected chi connectivity index (χ4v) is 4.34. The van der Waals surface area contributed by atoms with E-state index >= 15 is 0 Å². The number of nitrogens with zero attached hydrogens (tertiary/aromatic N) is 4. The Hall–Kier alpha value is -3.32. The Morgan fingerprint density at radius 1 is 1.00 bits per heavy atom. The molecule has 0 bridgehead atoms. The molecule has 1 N–H and O–H groups in total. The van der Waals surface area contributed by atoms with Gasteiger partial charge in [-0.2, -0.15) is 10.2 Å². The molecule has 30 heavy (non-hydrogen) atoms. The number of thiazole rings is 1. The lowest BCUT2D eigenvalue weighted by atomic mass is 10.1. The van der Waals surface area contributed by atoms with E-state index in [0.29, 0.717) is 18.0 Å². The first kappa shape index (κ1) is 20.0. The van der Waals surface area contributed by atoms with Gasteiger partial charge in [0.25, 0.3) is 5.91 Å². The predicted octanol–water partition coefficient (Wildman–Crippen LogP) is 4.92. The minimum atomic E-state index is -0.222. The van der Waals surface area contributed by atoms with Crippen LogP contribution in [0.2, 0.25) is 0 Å². The zero-order valence-electron chi connectivity index (χ0n) is 17.4. The van der Waals surface area contributed by atoms with Gasteiger partial charge in [-0.05, 0) is 38.8 Å². The van der Waals surface area contributed by atoms with Crippen molar-refractivity contribution >= 4 is 34.4 Å². The summed E-state index contributed by atoms with van der Waals surface area (Å²) < 4.78 is 0. The third-order valence-electron chi connectivity index (χ3n) is 4.98. The largest absolute Gasteiger partial charge is 0.296 e. The van der Waals surface area contributed by atoms with Crippen LogP contribution in [0.25, 0.3) is 11.3 Å². The van der Waals surface area contributed by atoms with Crippen LogP contribution in [-0.4, -0.2) is 27.3 Å². The van der Waals surface area contributed by atoms with Crippen molar-refractivity contribution in [3.8, 4) is 11.3 Å². The van der Waals surface area contributed by atoms with Crippen molar-refractivity contribution in [1.82, 2.24) is 9.99 Å². The number of aromatic nitrogens is 1. The monoisotopic (exact) mass is 417 g/mol. The van der Waals surface area contributed by atoms with E-state index in [9.17, 15) is 4.79 Å². The Kier molecular flexibility index (Phi) is 5.46. The number of rotatable bonds is 5. The highest BCUT2D eigenvalue weighted by molar-refractivity contribution is 7.12. The quantitative estimate of drug-likeness (QED) is 0.599. The molecule has 0 saturated carbocycles. The number of amides is 1. The molecular formula is C23H23N5OS. The van der Waals surface area contributed by atoms with E-state index in [2.05, 4.69) is 15.6 Å². The lowest BCUT2D eigenvalue weighted by Crippen LogP contribution is -2.27. The number of aryl methyl sites for hydroxylation is 3. The maximum Gasteiger partial charge on any atom is 0.296 e. The number of hydrazone groups is 2. The van der Waals surface area contributed by atoms with Crippen LogP contribution in [0.1, 0.15) is 27.9 Å². The molecule has 1 aromatic heterocycles. The number of carbonyl (C=O) groups excluding carboxylic acids is 1. The van der Waals surface area contributed by atoms with Gasteiger partial charge in [-0.15, -0.1) is 11.3 Å². The van der Waals surface area contributed by atoms with Gasteiger partial charge in [0.05, 0.1) is 23.6 Å². The lowest BCUT2D eigenvalue weighted by molar-refractivity contribution is -0.123. The highest BCUT2D eigenvalue weighted by atomic mass is 32.1. The van der Waals surface area contributed by atoms with E-state index in [0.717, 1.165) is 38.0 Å². The van der Waals surface area contributed by atoms with Gasteiger partial charge >= 0.3 is 0 Å². The van der Waals surface area contributed by atoms with Crippen molar-refractivity contribution in [1.29, 1.82) is 0 Å². The summed E-state index contributed by atoms with van der Waals surface area (Å²) in [6.45, 7) is 8.19. The molecule has 0 radical (unpaired) electrons. The second-order valence-electron chi connectivity index (χ2n) is 7.27. The van der Waals surface area contributed by atoms with Crippen LogP contribution < -0.4 is 5.43 Å². The summed E-state index contributed by atoms with van der Waals surface area (Å²) in [5, 5.41) is 11.1.